The lowest BCUT2D eigenvalue weighted by atomic mass is 10.2. The van der Waals surface area contributed by atoms with E-state index in [1.807, 2.05) is 19.9 Å². The van der Waals surface area contributed by atoms with Crippen molar-refractivity contribution < 1.29 is 9.53 Å². The van der Waals surface area contributed by atoms with Gasteiger partial charge in [0.25, 0.3) is 5.91 Å². The standard InChI is InChI=1S/C14H19BrN2O2S/c1-8(2)7-17-14(18)9(3)19-12-5-4-10(15)6-11(12)13(16)20/h4-6,8-9H,7H2,1-3H3,(H2,16,20)(H,17,18). The molecule has 0 saturated heterocycles. The van der Waals surface area contributed by atoms with E-state index in [0.717, 1.165) is 4.47 Å². The van der Waals surface area contributed by atoms with E-state index in [0.29, 0.717) is 23.8 Å². The Morgan fingerprint density at radius 2 is 2.10 bits per heavy atom. The van der Waals surface area contributed by atoms with Crippen LogP contribution in [-0.4, -0.2) is 23.5 Å². The third-order valence-corrected chi connectivity index (χ3v) is 3.28. The molecule has 1 rings (SSSR count). The van der Waals surface area contributed by atoms with Gasteiger partial charge in [-0.3, -0.25) is 4.79 Å². The van der Waals surface area contributed by atoms with E-state index in [9.17, 15) is 4.79 Å². The van der Waals surface area contributed by atoms with E-state index in [2.05, 4.69) is 21.2 Å². The first kappa shape index (κ1) is 16.9. The van der Waals surface area contributed by atoms with Gasteiger partial charge in [-0.25, -0.2) is 0 Å². The number of carbonyl (C=O) groups excluding carboxylic acids is 1. The summed E-state index contributed by atoms with van der Waals surface area (Å²) < 4.78 is 6.51. The van der Waals surface area contributed by atoms with Gasteiger partial charge < -0.3 is 15.8 Å². The molecule has 0 heterocycles. The van der Waals surface area contributed by atoms with Gasteiger partial charge in [-0.05, 0) is 31.0 Å². The van der Waals surface area contributed by atoms with Gasteiger partial charge in [-0.1, -0.05) is 42.0 Å². The molecule has 0 aliphatic rings. The fourth-order valence-electron chi connectivity index (χ4n) is 1.49. The minimum Gasteiger partial charge on any atom is -0.480 e. The molecule has 0 saturated carbocycles. The lowest BCUT2D eigenvalue weighted by Gasteiger charge is -2.17. The van der Waals surface area contributed by atoms with Gasteiger partial charge in [0, 0.05) is 11.0 Å². The first-order valence-electron chi connectivity index (χ1n) is 6.35. The molecular formula is C14H19BrN2O2S. The van der Waals surface area contributed by atoms with Crippen LogP contribution in [0.15, 0.2) is 22.7 Å². The van der Waals surface area contributed by atoms with E-state index in [-0.39, 0.29) is 10.9 Å². The van der Waals surface area contributed by atoms with E-state index < -0.39 is 6.10 Å². The highest BCUT2D eigenvalue weighted by molar-refractivity contribution is 9.10. The third-order valence-electron chi connectivity index (χ3n) is 2.56. The van der Waals surface area contributed by atoms with E-state index in [4.69, 9.17) is 22.7 Å². The lowest BCUT2D eigenvalue weighted by molar-refractivity contribution is -0.127. The van der Waals surface area contributed by atoms with Crippen LogP contribution in [0.3, 0.4) is 0 Å². The number of ether oxygens (including phenoxy) is 1. The van der Waals surface area contributed by atoms with Crippen LogP contribution in [0.5, 0.6) is 5.75 Å². The summed E-state index contributed by atoms with van der Waals surface area (Å²) in [6.45, 7) is 6.38. The van der Waals surface area contributed by atoms with Gasteiger partial charge in [0.1, 0.15) is 10.7 Å². The second kappa shape index (κ2) is 7.59. The average Bonchev–Trinajstić information content (AvgIpc) is 2.37. The summed E-state index contributed by atoms with van der Waals surface area (Å²) in [4.78, 5) is 12.1. The number of thiocarbonyl (C=S) groups is 1. The molecule has 0 spiro atoms. The largest absolute Gasteiger partial charge is 0.480 e. The molecule has 110 valence electrons. The molecule has 0 aromatic heterocycles. The highest BCUT2D eigenvalue weighted by Crippen LogP contribution is 2.24. The van der Waals surface area contributed by atoms with Crippen LogP contribution in [0.4, 0.5) is 0 Å². The molecule has 6 heteroatoms. The Morgan fingerprint density at radius 1 is 1.45 bits per heavy atom. The Hall–Kier alpha value is -1.14. The van der Waals surface area contributed by atoms with Crippen LogP contribution >= 0.6 is 28.1 Å². The van der Waals surface area contributed by atoms with Crippen molar-refractivity contribution in [1.82, 2.24) is 5.32 Å². The Bertz CT molecular complexity index is 506. The summed E-state index contributed by atoms with van der Waals surface area (Å²) in [6.07, 6.45) is -0.608. The smallest absolute Gasteiger partial charge is 0.260 e. The van der Waals surface area contributed by atoms with E-state index in [1.165, 1.54) is 0 Å². The summed E-state index contributed by atoms with van der Waals surface area (Å²) in [5.74, 6) is 0.745. The number of hydrogen-bond donors (Lipinski definition) is 2. The summed E-state index contributed by atoms with van der Waals surface area (Å²) in [5.41, 5.74) is 6.27. The number of amides is 1. The molecule has 4 nitrogen and oxygen atoms in total. The predicted octanol–water partition coefficient (Wildman–Crippen LogP) is 2.62. The molecule has 1 aromatic rings. The molecule has 1 amide bonds. The maximum absolute atomic E-state index is 11.9. The van der Waals surface area contributed by atoms with Crippen LogP contribution in [-0.2, 0) is 4.79 Å². The van der Waals surface area contributed by atoms with E-state index >= 15 is 0 Å². The number of hydrogen-bond acceptors (Lipinski definition) is 3. The zero-order chi connectivity index (χ0) is 15.3. The van der Waals surface area contributed by atoms with Crippen molar-refractivity contribution in [1.29, 1.82) is 0 Å². The summed E-state index contributed by atoms with van der Waals surface area (Å²) >= 11 is 8.34. The molecule has 1 unspecified atom stereocenters. The van der Waals surface area contributed by atoms with Gasteiger partial charge in [0.15, 0.2) is 6.10 Å². The fourth-order valence-corrected chi connectivity index (χ4v) is 2.01. The minimum absolute atomic E-state index is 0.157. The zero-order valence-corrected chi connectivity index (χ0v) is 14.2. The van der Waals surface area contributed by atoms with Crippen molar-refractivity contribution in [3.8, 4) is 5.75 Å². The number of nitrogens with two attached hydrogens (primary N) is 1. The first-order valence-corrected chi connectivity index (χ1v) is 7.55. The molecule has 0 fully saturated rings. The van der Waals surface area contributed by atoms with Gasteiger partial charge in [0.05, 0.1) is 5.56 Å². The minimum atomic E-state index is -0.608. The van der Waals surface area contributed by atoms with Crippen LogP contribution < -0.4 is 15.8 Å². The average molecular weight is 359 g/mol. The molecule has 1 atom stereocenters. The molecule has 0 bridgehead atoms. The highest BCUT2D eigenvalue weighted by Gasteiger charge is 2.17. The van der Waals surface area contributed by atoms with Crippen molar-refractivity contribution in [3.05, 3.63) is 28.2 Å². The molecular weight excluding hydrogens is 340 g/mol. The van der Waals surface area contributed by atoms with Gasteiger partial charge in [0.2, 0.25) is 0 Å². The highest BCUT2D eigenvalue weighted by atomic mass is 79.9. The Labute approximate surface area is 133 Å². The van der Waals surface area contributed by atoms with Crippen LogP contribution in [0.2, 0.25) is 0 Å². The lowest BCUT2D eigenvalue weighted by Crippen LogP contribution is -2.38. The van der Waals surface area contributed by atoms with Crippen molar-refractivity contribution in [3.63, 3.8) is 0 Å². The van der Waals surface area contributed by atoms with Crippen LogP contribution in [0, 0.1) is 5.92 Å². The number of benzene rings is 1. The van der Waals surface area contributed by atoms with Gasteiger partial charge >= 0.3 is 0 Å². The second-order valence-corrected chi connectivity index (χ2v) is 6.26. The predicted molar refractivity (Wildman–Crippen MR) is 88.0 cm³/mol. The summed E-state index contributed by atoms with van der Waals surface area (Å²) in [7, 11) is 0. The maximum Gasteiger partial charge on any atom is 0.260 e. The SMILES string of the molecule is CC(C)CNC(=O)C(C)Oc1ccc(Br)cc1C(N)=S. The fraction of sp³-hybridized carbons (Fsp3) is 0.429. The summed E-state index contributed by atoms with van der Waals surface area (Å²) in [5, 5.41) is 2.82. The van der Waals surface area contributed by atoms with Gasteiger partial charge in [-0.2, -0.15) is 0 Å². The number of halogens is 1. The normalized spacial score (nSPS) is 12.1. The first-order chi connectivity index (χ1) is 9.31. The monoisotopic (exact) mass is 358 g/mol. The van der Waals surface area contributed by atoms with Crippen LogP contribution in [0.1, 0.15) is 26.3 Å². The molecule has 0 radical (unpaired) electrons. The zero-order valence-electron chi connectivity index (χ0n) is 11.8. The quantitative estimate of drug-likeness (QED) is 0.767. The molecule has 20 heavy (non-hydrogen) atoms. The van der Waals surface area contributed by atoms with E-state index in [1.54, 1.807) is 19.1 Å². The summed E-state index contributed by atoms with van der Waals surface area (Å²) in [6, 6.07) is 5.33. The Balaban J connectivity index is 2.77. The Kier molecular flexibility index (Phi) is 6.42. The second-order valence-electron chi connectivity index (χ2n) is 4.90. The molecule has 1 aromatic carbocycles. The van der Waals surface area contributed by atoms with Crippen molar-refractivity contribution in [2.75, 3.05) is 6.54 Å². The Morgan fingerprint density at radius 3 is 2.65 bits per heavy atom. The molecule has 3 N–H and O–H groups in total. The van der Waals surface area contributed by atoms with Crippen LogP contribution in [0.25, 0.3) is 0 Å². The topological polar surface area (TPSA) is 64.3 Å². The maximum atomic E-state index is 11.9. The number of carbonyl (C=O) groups is 1. The third kappa shape index (κ3) is 5.09. The molecule has 0 aliphatic heterocycles. The van der Waals surface area contributed by atoms with Crippen molar-refractivity contribution in [2.24, 2.45) is 11.7 Å². The van der Waals surface area contributed by atoms with Gasteiger partial charge in [-0.15, -0.1) is 0 Å². The molecule has 0 aliphatic carbocycles. The number of nitrogens with one attached hydrogen (secondary N) is 1. The number of rotatable bonds is 6. The van der Waals surface area contributed by atoms with Crippen molar-refractivity contribution >= 4 is 39.0 Å². The van der Waals surface area contributed by atoms with Crippen molar-refractivity contribution in [2.45, 2.75) is 26.9 Å².